The number of benzene rings is 12. The first-order valence-corrected chi connectivity index (χ1v) is 25.4. The Hall–Kier alpha value is -8.61. The molecule has 1 aliphatic carbocycles. The van der Waals surface area contributed by atoms with Gasteiger partial charge in [0, 0.05) is 10.8 Å². The van der Waals surface area contributed by atoms with E-state index in [0.29, 0.717) is 0 Å². The monoisotopic (exact) mass is 906 g/mol. The molecule has 70 heavy (non-hydrogen) atoms. The predicted octanol–water partition coefficient (Wildman–Crippen LogP) is 17.6. The van der Waals surface area contributed by atoms with Gasteiger partial charge in [-0.1, -0.05) is 243 Å². The first-order valence-electron chi connectivity index (χ1n) is 24.1. The lowest BCUT2D eigenvalue weighted by atomic mass is 9.82. The van der Waals surface area contributed by atoms with Crippen LogP contribution in [0.25, 0.3) is 121 Å². The fourth-order valence-electron chi connectivity index (χ4n) is 11.4. The van der Waals surface area contributed by atoms with Crippen LogP contribution in [0.1, 0.15) is 0 Å². The van der Waals surface area contributed by atoms with E-state index in [9.17, 15) is 0 Å². The Balaban J connectivity index is 0.922. The highest BCUT2D eigenvalue weighted by Crippen LogP contribution is 2.59. The second kappa shape index (κ2) is 16.6. The summed E-state index contributed by atoms with van der Waals surface area (Å²) in [6, 6.07) is 95.7. The lowest BCUT2D eigenvalue weighted by Crippen LogP contribution is -2.23. The van der Waals surface area contributed by atoms with Crippen molar-refractivity contribution in [3.63, 3.8) is 0 Å². The van der Waals surface area contributed by atoms with Crippen LogP contribution in [0.4, 0.5) is 0 Å². The lowest BCUT2D eigenvalue weighted by molar-refractivity contribution is 0.669. The first kappa shape index (κ1) is 40.5. The third-order valence-electron chi connectivity index (χ3n) is 14.4. The zero-order valence-electron chi connectivity index (χ0n) is 38.2. The van der Waals surface area contributed by atoms with Crippen molar-refractivity contribution in [2.45, 2.75) is 0 Å². The molecular weight excluding hydrogens is 864 g/mol. The molecule has 2 heteroatoms. The van der Waals surface area contributed by atoms with Gasteiger partial charge < -0.3 is 4.42 Å². The molecule has 1 nitrogen and oxygen atoms in total. The topological polar surface area (TPSA) is 13.1 Å². The zero-order valence-corrected chi connectivity index (χ0v) is 39.1. The molecule has 0 unspecified atom stereocenters. The molecule has 326 valence electrons. The molecular formula is C68H43OP. The molecule has 0 N–H and O–H groups in total. The van der Waals surface area contributed by atoms with Crippen LogP contribution in [0, 0.1) is 0 Å². The molecule has 0 amide bonds. The van der Waals surface area contributed by atoms with Crippen molar-refractivity contribution < 1.29 is 4.42 Å². The standard InChI is InChI=1S/C68H43OP/c1-5-20-45(21-6-1)51-28-15-17-34-61(51)70(62-35-18-16-29-52(62)46-22-7-2-8-23-46)50-39-36-44(37-40-50)49-38-41-55-59(42-49)69-60-43-58-65-56(66(55)60)32-19-33-57(65)67-63(47-24-9-3-10-25-47)53-30-13-14-31-54(53)64(68(58)67)48-26-11-4-12-27-48/h1-43H. The van der Waals surface area contributed by atoms with Gasteiger partial charge in [-0.15, -0.1) is 0 Å². The van der Waals surface area contributed by atoms with E-state index in [1.54, 1.807) is 0 Å². The fraction of sp³-hybridized carbons (Fsp3) is 0. The van der Waals surface area contributed by atoms with Crippen molar-refractivity contribution in [2.75, 3.05) is 0 Å². The quantitative estimate of drug-likeness (QED) is 0.139. The summed E-state index contributed by atoms with van der Waals surface area (Å²) in [7, 11) is -0.956. The van der Waals surface area contributed by atoms with E-state index in [0.717, 1.165) is 33.1 Å². The van der Waals surface area contributed by atoms with E-state index in [1.165, 1.54) is 104 Å². The third-order valence-corrected chi connectivity index (χ3v) is 17.0. The first-order chi connectivity index (χ1) is 34.8. The summed E-state index contributed by atoms with van der Waals surface area (Å²) in [6.45, 7) is 0. The van der Waals surface area contributed by atoms with Crippen molar-refractivity contribution in [1.29, 1.82) is 0 Å². The van der Waals surface area contributed by atoms with Crippen LogP contribution in [0.3, 0.4) is 0 Å². The third kappa shape index (κ3) is 6.43. The van der Waals surface area contributed by atoms with Gasteiger partial charge in [0.05, 0.1) is 0 Å². The highest BCUT2D eigenvalue weighted by atomic mass is 31.1. The smallest absolute Gasteiger partial charge is 0.136 e. The van der Waals surface area contributed by atoms with Crippen LogP contribution >= 0.6 is 7.92 Å². The minimum Gasteiger partial charge on any atom is -0.456 e. The molecule has 1 aromatic heterocycles. The van der Waals surface area contributed by atoms with E-state index in [4.69, 9.17) is 4.42 Å². The Labute approximate surface area is 408 Å². The number of hydrogen-bond donors (Lipinski definition) is 0. The van der Waals surface area contributed by atoms with Gasteiger partial charge in [-0.3, -0.25) is 0 Å². The largest absolute Gasteiger partial charge is 0.456 e. The number of furan rings is 1. The molecule has 0 fully saturated rings. The average molecular weight is 907 g/mol. The summed E-state index contributed by atoms with van der Waals surface area (Å²) in [5.74, 6) is 0. The van der Waals surface area contributed by atoms with E-state index < -0.39 is 7.92 Å². The van der Waals surface area contributed by atoms with E-state index in [-0.39, 0.29) is 0 Å². The molecule has 12 aromatic carbocycles. The summed E-state index contributed by atoms with van der Waals surface area (Å²) in [5.41, 5.74) is 19.1. The minimum absolute atomic E-state index is 0.892. The molecule has 0 aliphatic heterocycles. The van der Waals surface area contributed by atoms with E-state index >= 15 is 0 Å². The number of fused-ring (bicyclic) bond motifs is 8. The van der Waals surface area contributed by atoms with Gasteiger partial charge in [0.1, 0.15) is 11.2 Å². The summed E-state index contributed by atoms with van der Waals surface area (Å²) in [4.78, 5) is 0. The van der Waals surface area contributed by atoms with Crippen molar-refractivity contribution in [2.24, 2.45) is 0 Å². The Morgan fingerprint density at radius 3 is 1.27 bits per heavy atom. The Bertz CT molecular complexity index is 4050. The molecule has 1 heterocycles. The normalized spacial score (nSPS) is 11.8. The van der Waals surface area contributed by atoms with Crippen LogP contribution < -0.4 is 15.9 Å². The van der Waals surface area contributed by atoms with Gasteiger partial charge >= 0.3 is 0 Å². The SMILES string of the molecule is c1ccc(-c2ccccc2P(c2ccc(-c3ccc4c(c3)oc3cc5c6c(cccc6c34)-c3c-5c(-c4ccccc4)c4ccccc4c3-c3ccccc3)cc2)c2ccccc2-c2ccccc2)cc1. The maximum Gasteiger partial charge on any atom is 0.136 e. The van der Waals surface area contributed by atoms with Crippen molar-refractivity contribution in [1.82, 2.24) is 0 Å². The van der Waals surface area contributed by atoms with Crippen LogP contribution in [-0.2, 0) is 0 Å². The maximum atomic E-state index is 7.04. The maximum absolute atomic E-state index is 7.04. The summed E-state index contributed by atoms with van der Waals surface area (Å²) >= 11 is 0. The molecule has 0 saturated heterocycles. The van der Waals surface area contributed by atoms with Crippen LogP contribution in [0.5, 0.6) is 0 Å². The molecule has 13 aromatic rings. The summed E-state index contributed by atoms with van der Waals surface area (Å²) in [6.07, 6.45) is 0. The van der Waals surface area contributed by atoms with Gasteiger partial charge in [0.2, 0.25) is 0 Å². The van der Waals surface area contributed by atoms with Gasteiger partial charge in [-0.2, -0.15) is 0 Å². The molecule has 0 spiro atoms. The van der Waals surface area contributed by atoms with Crippen LogP contribution in [-0.4, -0.2) is 0 Å². The molecule has 1 aliphatic rings. The zero-order chi connectivity index (χ0) is 46.1. The van der Waals surface area contributed by atoms with Crippen LogP contribution in [0.15, 0.2) is 265 Å². The molecule has 14 rings (SSSR count). The second-order valence-corrected chi connectivity index (χ2v) is 20.4. The molecule has 0 radical (unpaired) electrons. The Kier molecular flexibility index (Phi) is 9.58. The highest BCUT2D eigenvalue weighted by Gasteiger charge is 2.32. The second-order valence-electron chi connectivity index (χ2n) is 18.3. The molecule has 0 bridgehead atoms. The molecule has 0 atom stereocenters. The highest BCUT2D eigenvalue weighted by molar-refractivity contribution is 7.80. The van der Waals surface area contributed by atoms with E-state index in [2.05, 4.69) is 261 Å². The van der Waals surface area contributed by atoms with Crippen molar-refractivity contribution in [3.05, 3.63) is 261 Å². The number of rotatable bonds is 8. The Morgan fingerprint density at radius 2 is 0.700 bits per heavy atom. The minimum atomic E-state index is -0.956. The van der Waals surface area contributed by atoms with Crippen LogP contribution in [0.2, 0.25) is 0 Å². The van der Waals surface area contributed by atoms with Gasteiger partial charge in [-0.25, -0.2) is 0 Å². The van der Waals surface area contributed by atoms with Gasteiger partial charge in [0.15, 0.2) is 0 Å². The van der Waals surface area contributed by atoms with Gasteiger partial charge in [-0.05, 0) is 141 Å². The fourth-order valence-corrected chi connectivity index (χ4v) is 14.0. The van der Waals surface area contributed by atoms with Gasteiger partial charge in [0.25, 0.3) is 0 Å². The average Bonchev–Trinajstić information content (AvgIpc) is 3.98. The van der Waals surface area contributed by atoms with Crippen molar-refractivity contribution in [3.8, 4) is 77.9 Å². The van der Waals surface area contributed by atoms with E-state index in [1.807, 2.05) is 0 Å². The lowest BCUT2D eigenvalue weighted by Gasteiger charge is -2.25. The summed E-state index contributed by atoms with van der Waals surface area (Å²) in [5, 5.41) is 11.3. The predicted molar refractivity (Wildman–Crippen MR) is 299 cm³/mol. The van der Waals surface area contributed by atoms with Crippen molar-refractivity contribution >= 4 is 67.3 Å². The Morgan fingerprint density at radius 1 is 0.243 bits per heavy atom. The number of hydrogen-bond acceptors (Lipinski definition) is 1. The molecule has 0 saturated carbocycles. The summed E-state index contributed by atoms with van der Waals surface area (Å²) < 4.78 is 7.04.